The molecule has 3 aliphatic rings. The molecular weight excluding hydrogens is 481 g/mol. The fourth-order valence-corrected chi connectivity index (χ4v) is 4.54. The summed E-state index contributed by atoms with van der Waals surface area (Å²) in [4.78, 5) is 24.4. The van der Waals surface area contributed by atoms with Crippen LogP contribution in [-0.2, 0) is 9.53 Å². The smallest absolute Gasteiger partial charge is 0.251 e. The molecule has 1 N–H and O–H groups in total. The van der Waals surface area contributed by atoms with Crippen molar-refractivity contribution in [2.45, 2.75) is 58.6 Å². The van der Waals surface area contributed by atoms with Crippen LogP contribution < -0.4 is 5.32 Å². The van der Waals surface area contributed by atoms with E-state index in [9.17, 15) is 4.79 Å². The van der Waals surface area contributed by atoms with Gasteiger partial charge in [-0.15, -0.1) is 24.0 Å². The molecule has 2 atom stereocenters. The second-order valence-corrected chi connectivity index (χ2v) is 8.69. The third-order valence-electron chi connectivity index (χ3n) is 5.98. The number of hydrogen-bond acceptors (Lipinski definition) is 4. The highest BCUT2D eigenvalue weighted by Crippen LogP contribution is 2.19. The number of carbonyl (C=O) groups is 1. The van der Waals surface area contributed by atoms with Crippen LogP contribution in [0, 0.1) is 5.92 Å². The number of piperazine rings is 1. The zero-order valence-corrected chi connectivity index (χ0v) is 20.8. The Morgan fingerprint density at radius 1 is 1.10 bits per heavy atom. The minimum absolute atomic E-state index is 0. The minimum Gasteiger partial charge on any atom is -0.368 e. The molecule has 0 aromatic rings. The van der Waals surface area contributed by atoms with E-state index in [-0.39, 0.29) is 36.0 Å². The number of guanidine groups is 1. The molecule has 1 amide bonds. The zero-order valence-electron chi connectivity index (χ0n) is 18.4. The zero-order chi connectivity index (χ0) is 19.9. The van der Waals surface area contributed by atoms with Gasteiger partial charge in [-0.2, -0.15) is 0 Å². The summed E-state index contributed by atoms with van der Waals surface area (Å²) in [7, 11) is 0. The highest BCUT2D eigenvalue weighted by atomic mass is 127. The number of nitrogens with one attached hydrogen (secondary N) is 1. The molecule has 0 aromatic heterocycles. The predicted molar refractivity (Wildman–Crippen MR) is 128 cm³/mol. The van der Waals surface area contributed by atoms with Crippen molar-refractivity contribution in [2.75, 3.05) is 59.0 Å². The summed E-state index contributed by atoms with van der Waals surface area (Å²) < 4.78 is 5.57. The number of halogens is 1. The Hall–Kier alpha value is -0.610. The van der Waals surface area contributed by atoms with Crippen LogP contribution in [0.1, 0.15) is 46.5 Å². The van der Waals surface area contributed by atoms with Gasteiger partial charge in [0.2, 0.25) is 0 Å². The summed E-state index contributed by atoms with van der Waals surface area (Å²) in [5.74, 6) is 1.88. The van der Waals surface area contributed by atoms with Gasteiger partial charge in [-0.05, 0) is 45.1 Å². The molecule has 1 unspecified atom stereocenters. The first-order chi connectivity index (χ1) is 13.6. The largest absolute Gasteiger partial charge is 0.368 e. The second kappa shape index (κ2) is 12.3. The normalized spacial score (nSPS) is 26.1. The maximum absolute atomic E-state index is 12.6. The number of carbonyl (C=O) groups excluding carboxylic acids is 1. The molecule has 8 heteroatoms. The Bertz CT molecular complexity index is 531. The van der Waals surface area contributed by atoms with Gasteiger partial charge in [0.1, 0.15) is 6.10 Å². The fourth-order valence-electron chi connectivity index (χ4n) is 4.54. The Kier molecular flexibility index (Phi) is 10.5. The fraction of sp³-hybridized carbons (Fsp3) is 0.905. The number of hydrogen-bond donors (Lipinski definition) is 1. The van der Waals surface area contributed by atoms with Gasteiger partial charge in [0.25, 0.3) is 5.91 Å². The first kappa shape index (κ1) is 24.7. The number of nitrogens with zero attached hydrogens (tertiary/aromatic N) is 4. The number of aliphatic imine (C=N–C) groups is 1. The van der Waals surface area contributed by atoms with Crippen LogP contribution in [0.5, 0.6) is 0 Å². The number of ether oxygens (including phenoxy) is 1. The highest BCUT2D eigenvalue weighted by molar-refractivity contribution is 14.0. The van der Waals surface area contributed by atoms with Crippen molar-refractivity contribution in [3.05, 3.63) is 0 Å². The molecule has 0 aromatic carbocycles. The van der Waals surface area contributed by atoms with Gasteiger partial charge in [-0.1, -0.05) is 13.8 Å². The molecular formula is C21H40IN5O2. The van der Waals surface area contributed by atoms with Crippen LogP contribution in [0.15, 0.2) is 4.99 Å². The molecule has 168 valence electrons. The molecule has 3 saturated heterocycles. The number of amides is 1. The van der Waals surface area contributed by atoms with Gasteiger partial charge in [0.15, 0.2) is 5.96 Å². The average Bonchev–Trinajstić information content (AvgIpc) is 3.36. The van der Waals surface area contributed by atoms with E-state index in [4.69, 9.17) is 9.73 Å². The summed E-state index contributed by atoms with van der Waals surface area (Å²) in [6.45, 7) is 14.7. The molecule has 29 heavy (non-hydrogen) atoms. The molecule has 0 spiro atoms. The quantitative estimate of drug-likeness (QED) is 0.329. The second-order valence-electron chi connectivity index (χ2n) is 8.69. The molecule has 0 bridgehead atoms. The van der Waals surface area contributed by atoms with Crippen molar-refractivity contribution in [1.29, 1.82) is 0 Å². The molecule has 0 radical (unpaired) electrons. The van der Waals surface area contributed by atoms with Gasteiger partial charge < -0.3 is 19.9 Å². The lowest BCUT2D eigenvalue weighted by atomic mass is 10.2. The number of likely N-dealkylation sites (tertiary alicyclic amines) is 1. The van der Waals surface area contributed by atoms with Gasteiger partial charge in [-0.3, -0.25) is 14.7 Å². The molecule has 7 nitrogen and oxygen atoms in total. The lowest BCUT2D eigenvalue weighted by Crippen LogP contribution is -2.55. The standard InChI is InChI=1S/C21H39N5O2.HI/c1-4-22-21(23-15-18-7-5-9-26(18)16-17(2)3)25-12-10-24(11-13-25)20(27)19-8-6-14-28-19;/h17-19H,4-16H2,1-3H3,(H,22,23);1H/t18-,19?;/m1./s1. The van der Waals surface area contributed by atoms with E-state index in [0.717, 1.165) is 64.7 Å². The third-order valence-corrected chi connectivity index (χ3v) is 5.98. The van der Waals surface area contributed by atoms with Crippen molar-refractivity contribution in [3.63, 3.8) is 0 Å². The van der Waals surface area contributed by atoms with E-state index in [1.165, 1.54) is 25.9 Å². The van der Waals surface area contributed by atoms with E-state index in [0.29, 0.717) is 12.0 Å². The topological polar surface area (TPSA) is 60.4 Å². The summed E-state index contributed by atoms with van der Waals surface area (Å²) in [5, 5.41) is 3.46. The van der Waals surface area contributed by atoms with E-state index >= 15 is 0 Å². The van der Waals surface area contributed by atoms with Crippen molar-refractivity contribution in [1.82, 2.24) is 20.0 Å². The first-order valence-corrected chi connectivity index (χ1v) is 11.3. The lowest BCUT2D eigenvalue weighted by molar-refractivity contribution is -0.142. The maximum atomic E-state index is 12.6. The third kappa shape index (κ3) is 6.95. The van der Waals surface area contributed by atoms with Crippen molar-refractivity contribution in [2.24, 2.45) is 10.9 Å². The lowest BCUT2D eigenvalue weighted by Gasteiger charge is -2.37. The van der Waals surface area contributed by atoms with Crippen molar-refractivity contribution in [3.8, 4) is 0 Å². The Morgan fingerprint density at radius 3 is 2.45 bits per heavy atom. The molecule has 3 rings (SSSR count). The number of rotatable bonds is 6. The van der Waals surface area contributed by atoms with Crippen LogP contribution in [0.4, 0.5) is 0 Å². The average molecular weight is 521 g/mol. The molecule has 3 aliphatic heterocycles. The van der Waals surface area contributed by atoms with E-state index in [2.05, 4.69) is 35.9 Å². The van der Waals surface area contributed by atoms with E-state index in [1.54, 1.807) is 0 Å². The molecule has 3 fully saturated rings. The Morgan fingerprint density at radius 2 is 1.83 bits per heavy atom. The summed E-state index contributed by atoms with van der Waals surface area (Å²) in [5.41, 5.74) is 0. The molecule has 0 aliphatic carbocycles. The maximum Gasteiger partial charge on any atom is 0.251 e. The summed E-state index contributed by atoms with van der Waals surface area (Å²) >= 11 is 0. The predicted octanol–water partition coefficient (Wildman–Crippen LogP) is 2.01. The SMILES string of the molecule is CCNC(=NC[C@H]1CCCN1CC(C)C)N1CCN(C(=O)C2CCCO2)CC1.I. The van der Waals surface area contributed by atoms with E-state index in [1.807, 2.05) is 4.90 Å². The Labute approximate surface area is 193 Å². The van der Waals surface area contributed by atoms with Crippen LogP contribution in [-0.4, -0.2) is 97.7 Å². The van der Waals surface area contributed by atoms with Gasteiger partial charge >= 0.3 is 0 Å². The first-order valence-electron chi connectivity index (χ1n) is 11.3. The van der Waals surface area contributed by atoms with Crippen molar-refractivity contribution < 1.29 is 9.53 Å². The Balaban J connectivity index is 0.00000300. The summed E-state index contributed by atoms with van der Waals surface area (Å²) in [6.07, 6.45) is 4.20. The van der Waals surface area contributed by atoms with E-state index < -0.39 is 0 Å². The van der Waals surface area contributed by atoms with Gasteiger partial charge in [0, 0.05) is 51.9 Å². The van der Waals surface area contributed by atoms with Crippen LogP contribution >= 0.6 is 24.0 Å². The van der Waals surface area contributed by atoms with Crippen molar-refractivity contribution >= 4 is 35.8 Å². The van der Waals surface area contributed by atoms with Gasteiger partial charge in [0.05, 0.1) is 6.54 Å². The van der Waals surface area contributed by atoms with Crippen LogP contribution in [0.2, 0.25) is 0 Å². The minimum atomic E-state index is -0.206. The van der Waals surface area contributed by atoms with Gasteiger partial charge in [-0.25, -0.2) is 0 Å². The monoisotopic (exact) mass is 521 g/mol. The van der Waals surface area contributed by atoms with Crippen LogP contribution in [0.25, 0.3) is 0 Å². The molecule has 3 heterocycles. The van der Waals surface area contributed by atoms with Crippen LogP contribution in [0.3, 0.4) is 0 Å². The highest BCUT2D eigenvalue weighted by Gasteiger charge is 2.31. The summed E-state index contributed by atoms with van der Waals surface area (Å²) in [6, 6.07) is 0.568. The molecule has 0 saturated carbocycles.